The van der Waals surface area contributed by atoms with Crippen molar-refractivity contribution in [3.05, 3.63) is 41.3 Å². The molecule has 1 aliphatic carbocycles. The van der Waals surface area contributed by atoms with E-state index < -0.39 is 6.10 Å². The summed E-state index contributed by atoms with van der Waals surface area (Å²) < 4.78 is 5.84. The third-order valence-corrected chi connectivity index (χ3v) is 6.35. The molecule has 1 saturated carbocycles. The van der Waals surface area contributed by atoms with Gasteiger partial charge in [0.05, 0.1) is 11.4 Å². The summed E-state index contributed by atoms with van der Waals surface area (Å²) in [5, 5.41) is 5.58. The van der Waals surface area contributed by atoms with Gasteiger partial charge in [-0.2, -0.15) is 0 Å². The normalized spacial score (nSPS) is 20.9. The molecule has 1 saturated heterocycles. The fraction of sp³-hybridized carbons (Fsp3) is 0.478. The van der Waals surface area contributed by atoms with E-state index in [1.807, 2.05) is 25.3 Å². The predicted molar refractivity (Wildman–Crippen MR) is 120 cm³/mol. The zero-order chi connectivity index (χ0) is 22.2. The Hall–Kier alpha value is -3.20. The number of nitrogens with one attached hydrogen (secondary N) is 2. The molecular formula is C23H28N6O3. The average molecular weight is 437 g/mol. The van der Waals surface area contributed by atoms with Crippen LogP contribution in [0.15, 0.2) is 24.4 Å². The van der Waals surface area contributed by atoms with Gasteiger partial charge in [0.15, 0.2) is 6.10 Å². The van der Waals surface area contributed by atoms with Gasteiger partial charge in [-0.3, -0.25) is 14.5 Å². The monoisotopic (exact) mass is 436 g/mol. The molecular weight excluding hydrogens is 408 g/mol. The van der Waals surface area contributed by atoms with E-state index in [1.54, 1.807) is 13.1 Å². The Morgan fingerprint density at radius 2 is 2.03 bits per heavy atom. The Morgan fingerprint density at radius 3 is 2.72 bits per heavy atom. The van der Waals surface area contributed by atoms with E-state index >= 15 is 0 Å². The number of hydrogen-bond acceptors (Lipinski definition) is 7. The van der Waals surface area contributed by atoms with Gasteiger partial charge in [0, 0.05) is 51.9 Å². The number of rotatable bonds is 5. The van der Waals surface area contributed by atoms with Gasteiger partial charge in [0.2, 0.25) is 5.88 Å². The molecule has 9 heteroatoms. The lowest BCUT2D eigenvalue weighted by atomic mass is 10.1. The summed E-state index contributed by atoms with van der Waals surface area (Å²) in [7, 11) is 1.61. The van der Waals surface area contributed by atoms with Crippen molar-refractivity contribution in [3.63, 3.8) is 0 Å². The minimum Gasteiger partial charge on any atom is -0.462 e. The average Bonchev–Trinajstić information content (AvgIpc) is 3.64. The lowest BCUT2D eigenvalue weighted by Gasteiger charge is -2.36. The van der Waals surface area contributed by atoms with Crippen molar-refractivity contribution in [2.75, 3.05) is 43.4 Å². The van der Waals surface area contributed by atoms with Gasteiger partial charge in [0.1, 0.15) is 11.4 Å². The Balaban J connectivity index is 1.19. The standard InChI is InChI=1S/C23H28N6O3/c1-14-19(6-5-17(26-14)21(30)24-2)29-9-7-28(8-10-29)13-15-11-18-23(25-12-15)32-20(16-3-4-16)22(31)27-18/h5-6,11-12,16,20H,3-4,7-10,13H2,1-2H3,(H,24,30)(H,27,31). The van der Waals surface area contributed by atoms with Crippen LogP contribution in [-0.2, 0) is 11.3 Å². The fourth-order valence-corrected chi connectivity index (χ4v) is 4.40. The van der Waals surface area contributed by atoms with Crippen molar-refractivity contribution < 1.29 is 14.3 Å². The smallest absolute Gasteiger partial charge is 0.269 e. The van der Waals surface area contributed by atoms with Crippen LogP contribution in [0.1, 0.15) is 34.6 Å². The van der Waals surface area contributed by atoms with E-state index in [4.69, 9.17) is 4.74 Å². The summed E-state index contributed by atoms with van der Waals surface area (Å²) in [6, 6.07) is 5.73. The molecule has 5 rings (SSSR count). The van der Waals surface area contributed by atoms with Gasteiger partial charge >= 0.3 is 0 Å². The number of piperazine rings is 1. The number of fused-ring (bicyclic) bond motifs is 1. The van der Waals surface area contributed by atoms with Crippen LogP contribution < -0.4 is 20.3 Å². The third-order valence-electron chi connectivity index (χ3n) is 6.35. The highest BCUT2D eigenvalue weighted by molar-refractivity contribution is 5.97. The number of carbonyl (C=O) groups excluding carboxylic acids is 2. The van der Waals surface area contributed by atoms with Crippen LogP contribution >= 0.6 is 0 Å². The van der Waals surface area contributed by atoms with Crippen LogP contribution in [0.5, 0.6) is 5.88 Å². The molecule has 1 atom stereocenters. The largest absolute Gasteiger partial charge is 0.462 e. The lowest BCUT2D eigenvalue weighted by Crippen LogP contribution is -2.46. The minimum atomic E-state index is -0.391. The minimum absolute atomic E-state index is 0.0565. The Labute approximate surface area is 187 Å². The highest BCUT2D eigenvalue weighted by Gasteiger charge is 2.41. The number of nitrogens with zero attached hydrogens (tertiary/aromatic N) is 4. The van der Waals surface area contributed by atoms with E-state index in [1.165, 1.54) is 0 Å². The van der Waals surface area contributed by atoms with Crippen molar-refractivity contribution in [3.8, 4) is 5.88 Å². The van der Waals surface area contributed by atoms with E-state index in [2.05, 4.69) is 30.4 Å². The first-order valence-corrected chi connectivity index (χ1v) is 11.2. The molecule has 0 aromatic carbocycles. The molecule has 2 N–H and O–H groups in total. The summed E-state index contributed by atoms with van der Waals surface area (Å²) in [5.41, 5.74) is 4.09. The summed E-state index contributed by atoms with van der Waals surface area (Å²) in [4.78, 5) is 37.7. The highest BCUT2D eigenvalue weighted by atomic mass is 16.5. The second kappa shape index (κ2) is 8.38. The first kappa shape index (κ1) is 20.7. The van der Waals surface area contributed by atoms with Crippen LogP contribution in [0.4, 0.5) is 11.4 Å². The maximum Gasteiger partial charge on any atom is 0.269 e. The number of ether oxygens (including phenoxy) is 1. The van der Waals surface area contributed by atoms with Gasteiger partial charge in [-0.1, -0.05) is 0 Å². The molecule has 0 radical (unpaired) electrons. The van der Waals surface area contributed by atoms with Crippen molar-refractivity contribution in [1.29, 1.82) is 0 Å². The number of pyridine rings is 2. The SMILES string of the molecule is CNC(=O)c1ccc(N2CCN(Cc3cnc4c(c3)NC(=O)C(C3CC3)O4)CC2)c(C)n1. The number of anilines is 2. The number of carbonyl (C=O) groups is 2. The van der Waals surface area contributed by atoms with Crippen molar-refractivity contribution in [2.24, 2.45) is 5.92 Å². The first-order valence-electron chi connectivity index (χ1n) is 11.2. The molecule has 168 valence electrons. The number of amides is 2. The maximum atomic E-state index is 12.3. The lowest BCUT2D eigenvalue weighted by molar-refractivity contribution is -0.124. The molecule has 1 unspecified atom stereocenters. The summed E-state index contributed by atoms with van der Waals surface area (Å²) >= 11 is 0. The topological polar surface area (TPSA) is 99.7 Å². The molecule has 3 aliphatic rings. The molecule has 9 nitrogen and oxygen atoms in total. The summed E-state index contributed by atoms with van der Waals surface area (Å²) in [6.07, 6.45) is 3.55. The van der Waals surface area contributed by atoms with Crippen LogP contribution in [0.2, 0.25) is 0 Å². The van der Waals surface area contributed by atoms with Crippen LogP contribution in [0.25, 0.3) is 0 Å². The molecule has 2 aromatic heterocycles. The molecule has 2 fully saturated rings. The van der Waals surface area contributed by atoms with Crippen molar-refractivity contribution >= 4 is 23.2 Å². The van der Waals surface area contributed by atoms with Crippen LogP contribution in [-0.4, -0.2) is 66.0 Å². The van der Waals surface area contributed by atoms with Crippen LogP contribution in [0.3, 0.4) is 0 Å². The van der Waals surface area contributed by atoms with Crippen molar-refractivity contribution in [2.45, 2.75) is 32.4 Å². The highest BCUT2D eigenvalue weighted by Crippen LogP contribution is 2.39. The van der Waals surface area contributed by atoms with Gasteiger partial charge < -0.3 is 20.3 Å². The molecule has 0 spiro atoms. The molecule has 2 aromatic rings. The Bertz CT molecular complexity index is 1050. The number of aromatic nitrogens is 2. The zero-order valence-corrected chi connectivity index (χ0v) is 18.4. The van der Waals surface area contributed by atoms with E-state index in [9.17, 15) is 9.59 Å². The predicted octanol–water partition coefficient (Wildman–Crippen LogP) is 1.58. The zero-order valence-electron chi connectivity index (χ0n) is 18.4. The molecule has 4 heterocycles. The van der Waals surface area contributed by atoms with E-state index in [-0.39, 0.29) is 11.8 Å². The van der Waals surface area contributed by atoms with E-state index in [0.717, 1.165) is 62.5 Å². The van der Waals surface area contributed by atoms with Crippen LogP contribution in [0, 0.1) is 12.8 Å². The second-order valence-corrected chi connectivity index (χ2v) is 8.70. The molecule has 0 bridgehead atoms. The quantitative estimate of drug-likeness (QED) is 0.734. The molecule has 2 aliphatic heterocycles. The van der Waals surface area contributed by atoms with Gasteiger partial charge in [-0.15, -0.1) is 0 Å². The van der Waals surface area contributed by atoms with Gasteiger partial charge in [-0.05, 0) is 43.5 Å². The fourth-order valence-electron chi connectivity index (χ4n) is 4.40. The second-order valence-electron chi connectivity index (χ2n) is 8.70. The Morgan fingerprint density at radius 1 is 1.25 bits per heavy atom. The number of hydrogen-bond donors (Lipinski definition) is 2. The van der Waals surface area contributed by atoms with Gasteiger partial charge in [-0.25, -0.2) is 9.97 Å². The van der Waals surface area contributed by atoms with E-state index in [0.29, 0.717) is 23.2 Å². The molecule has 2 amide bonds. The molecule has 32 heavy (non-hydrogen) atoms. The summed E-state index contributed by atoms with van der Waals surface area (Å²) in [6.45, 7) is 6.27. The summed E-state index contributed by atoms with van der Waals surface area (Å²) in [5.74, 6) is 0.629. The number of aryl methyl sites for hydroxylation is 1. The third kappa shape index (κ3) is 4.12. The van der Waals surface area contributed by atoms with Crippen molar-refractivity contribution in [1.82, 2.24) is 20.2 Å². The Kier molecular flexibility index (Phi) is 5.42. The first-order chi connectivity index (χ1) is 15.5. The maximum absolute atomic E-state index is 12.3. The van der Waals surface area contributed by atoms with Gasteiger partial charge in [0.25, 0.3) is 11.8 Å².